The molecule has 0 saturated heterocycles. The standard InChI is InChI=1S/C12H20IN/c13-8-14-7-12-4-9-1-10(5-12)3-11(2-9)6-12/h9-11,14H,1-8H2. The van der Waals surface area contributed by atoms with Crippen molar-refractivity contribution < 1.29 is 0 Å². The summed E-state index contributed by atoms with van der Waals surface area (Å²) in [5.41, 5.74) is 0.736. The van der Waals surface area contributed by atoms with Crippen LogP contribution in [0, 0.1) is 23.2 Å². The van der Waals surface area contributed by atoms with E-state index in [1.54, 1.807) is 38.5 Å². The maximum absolute atomic E-state index is 3.59. The fourth-order valence-electron chi connectivity index (χ4n) is 4.82. The van der Waals surface area contributed by atoms with Crippen LogP contribution in [0.4, 0.5) is 0 Å². The molecule has 14 heavy (non-hydrogen) atoms. The topological polar surface area (TPSA) is 12.0 Å². The van der Waals surface area contributed by atoms with Crippen LogP contribution in [0.1, 0.15) is 38.5 Å². The van der Waals surface area contributed by atoms with Crippen LogP contribution in [-0.4, -0.2) is 11.1 Å². The van der Waals surface area contributed by atoms with Crippen molar-refractivity contribution in [2.24, 2.45) is 23.2 Å². The largest absolute Gasteiger partial charge is 0.307 e. The van der Waals surface area contributed by atoms with E-state index in [9.17, 15) is 0 Å². The summed E-state index contributed by atoms with van der Waals surface area (Å²) in [6.07, 6.45) is 9.35. The van der Waals surface area contributed by atoms with Gasteiger partial charge >= 0.3 is 0 Å². The molecule has 4 aliphatic rings. The van der Waals surface area contributed by atoms with Gasteiger partial charge in [0.05, 0.1) is 0 Å². The summed E-state index contributed by atoms with van der Waals surface area (Å²) >= 11 is 2.44. The van der Waals surface area contributed by atoms with Gasteiger partial charge in [-0.1, -0.05) is 22.6 Å². The summed E-state index contributed by atoms with van der Waals surface area (Å²) in [7, 11) is 0. The van der Waals surface area contributed by atoms with E-state index >= 15 is 0 Å². The van der Waals surface area contributed by atoms with Gasteiger partial charge in [0, 0.05) is 11.1 Å². The van der Waals surface area contributed by atoms with E-state index in [0.29, 0.717) is 0 Å². The van der Waals surface area contributed by atoms with E-state index in [0.717, 1.165) is 27.7 Å². The van der Waals surface area contributed by atoms with Crippen LogP contribution in [0.3, 0.4) is 0 Å². The van der Waals surface area contributed by atoms with Crippen LogP contribution in [0.15, 0.2) is 0 Å². The summed E-state index contributed by atoms with van der Waals surface area (Å²) < 4.78 is 1.12. The highest BCUT2D eigenvalue weighted by Gasteiger charge is 2.50. The third-order valence-electron chi connectivity index (χ3n) is 4.76. The van der Waals surface area contributed by atoms with E-state index in [2.05, 4.69) is 27.9 Å². The quantitative estimate of drug-likeness (QED) is 0.480. The molecular formula is C12H20IN. The number of rotatable bonds is 3. The second-order valence-electron chi connectivity index (χ2n) is 5.98. The van der Waals surface area contributed by atoms with Crippen LogP contribution in [0.5, 0.6) is 0 Å². The van der Waals surface area contributed by atoms with Gasteiger partial charge in [0.25, 0.3) is 0 Å². The predicted molar refractivity (Wildman–Crippen MR) is 67.5 cm³/mol. The lowest BCUT2D eigenvalue weighted by molar-refractivity contribution is -0.0504. The van der Waals surface area contributed by atoms with Crippen LogP contribution in [-0.2, 0) is 0 Å². The van der Waals surface area contributed by atoms with Crippen molar-refractivity contribution in [2.45, 2.75) is 38.5 Å². The number of hydrogen-bond acceptors (Lipinski definition) is 1. The Hall–Kier alpha value is 0.690. The lowest BCUT2D eigenvalue weighted by atomic mass is 9.49. The molecule has 0 aliphatic heterocycles. The molecule has 4 aliphatic carbocycles. The van der Waals surface area contributed by atoms with Crippen molar-refractivity contribution in [1.29, 1.82) is 0 Å². The van der Waals surface area contributed by atoms with Gasteiger partial charge in [-0.2, -0.15) is 0 Å². The van der Waals surface area contributed by atoms with E-state index in [4.69, 9.17) is 0 Å². The zero-order valence-electron chi connectivity index (χ0n) is 8.77. The van der Waals surface area contributed by atoms with Crippen molar-refractivity contribution in [3.8, 4) is 0 Å². The van der Waals surface area contributed by atoms with Gasteiger partial charge in [0.1, 0.15) is 0 Å². The third kappa shape index (κ3) is 1.62. The molecule has 0 spiro atoms. The average molecular weight is 305 g/mol. The number of halogens is 1. The molecule has 0 amide bonds. The van der Waals surface area contributed by atoms with Gasteiger partial charge < -0.3 is 5.32 Å². The minimum absolute atomic E-state index is 0.736. The first-order valence-electron chi connectivity index (χ1n) is 6.06. The first kappa shape index (κ1) is 9.88. The summed E-state index contributed by atoms with van der Waals surface area (Å²) in [5, 5.41) is 3.59. The first-order valence-corrected chi connectivity index (χ1v) is 7.59. The Labute approximate surface area is 101 Å². The van der Waals surface area contributed by atoms with Crippen LogP contribution < -0.4 is 5.32 Å². The summed E-state index contributed by atoms with van der Waals surface area (Å²) in [4.78, 5) is 0. The summed E-state index contributed by atoms with van der Waals surface area (Å²) in [6.45, 7) is 1.31. The molecule has 0 aromatic carbocycles. The van der Waals surface area contributed by atoms with Crippen molar-refractivity contribution >= 4 is 22.6 Å². The molecule has 0 aromatic rings. The molecule has 2 heteroatoms. The Morgan fingerprint density at radius 1 is 1.00 bits per heavy atom. The maximum Gasteiger partial charge on any atom is 0.0480 e. The molecule has 4 rings (SSSR count). The van der Waals surface area contributed by atoms with Gasteiger partial charge in [0.15, 0.2) is 0 Å². The summed E-state index contributed by atoms with van der Waals surface area (Å²) in [6, 6.07) is 0. The van der Waals surface area contributed by atoms with Gasteiger partial charge in [-0.15, -0.1) is 0 Å². The Morgan fingerprint density at radius 2 is 1.50 bits per heavy atom. The minimum atomic E-state index is 0.736. The van der Waals surface area contributed by atoms with Crippen molar-refractivity contribution in [3.05, 3.63) is 0 Å². The van der Waals surface area contributed by atoms with Crippen molar-refractivity contribution in [2.75, 3.05) is 11.1 Å². The second kappa shape index (κ2) is 3.62. The second-order valence-corrected chi connectivity index (χ2v) is 6.74. The molecule has 80 valence electrons. The molecule has 4 saturated carbocycles. The minimum Gasteiger partial charge on any atom is -0.307 e. The molecule has 0 unspecified atom stereocenters. The first-order chi connectivity index (χ1) is 6.80. The molecule has 0 radical (unpaired) electrons. The predicted octanol–water partition coefficient (Wildman–Crippen LogP) is 3.18. The zero-order valence-corrected chi connectivity index (χ0v) is 10.9. The van der Waals surface area contributed by atoms with Gasteiger partial charge in [-0.3, -0.25) is 0 Å². The zero-order chi connectivity index (χ0) is 9.60. The van der Waals surface area contributed by atoms with Crippen molar-refractivity contribution in [3.63, 3.8) is 0 Å². The highest BCUT2D eigenvalue weighted by molar-refractivity contribution is 14.1. The average Bonchev–Trinajstić information content (AvgIpc) is 2.12. The van der Waals surface area contributed by atoms with Gasteiger partial charge in [-0.05, 0) is 61.7 Å². The lowest BCUT2D eigenvalue weighted by Gasteiger charge is -2.57. The number of alkyl halides is 1. The lowest BCUT2D eigenvalue weighted by Crippen LogP contribution is -2.50. The molecule has 0 heterocycles. The molecule has 4 fully saturated rings. The molecular weight excluding hydrogens is 285 g/mol. The molecule has 0 atom stereocenters. The highest BCUT2D eigenvalue weighted by Crippen LogP contribution is 2.59. The van der Waals surface area contributed by atoms with Gasteiger partial charge in [-0.25, -0.2) is 0 Å². The fraction of sp³-hybridized carbons (Fsp3) is 1.00. The summed E-state index contributed by atoms with van der Waals surface area (Å²) in [5.74, 6) is 3.33. The Balaban J connectivity index is 1.74. The van der Waals surface area contributed by atoms with E-state index in [1.165, 1.54) is 6.54 Å². The van der Waals surface area contributed by atoms with Gasteiger partial charge in [0.2, 0.25) is 0 Å². The molecule has 0 aromatic heterocycles. The third-order valence-corrected chi connectivity index (χ3v) is 5.30. The van der Waals surface area contributed by atoms with Crippen LogP contribution in [0.2, 0.25) is 0 Å². The van der Waals surface area contributed by atoms with Crippen LogP contribution in [0.25, 0.3) is 0 Å². The fourth-order valence-corrected chi connectivity index (χ4v) is 5.09. The number of hydrogen-bond donors (Lipinski definition) is 1. The van der Waals surface area contributed by atoms with Crippen LogP contribution >= 0.6 is 22.6 Å². The van der Waals surface area contributed by atoms with E-state index in [-0.39, 0.29) is 0 Å². The van der Waals surface area contributed by atoms with E-state index in [1.807, 2.05) is 0 Å². The Kier molecular flexibility index (Phi) is 2.55. The normalized spacial score (nSPS) is 49.9. The monoisotopic (exact) mass is 305 g/mol. The maximum atomic E-state index is 3.59. The molecule has 4 bridgehead atoms. The van der Waals surface area contributed by atoms with Crippen molar-refractivity contribution in [1.82, 2.24) is 5.32 Å². The smallest absolute Gasteiger partial charge is 0.0480 e. The Morgan fingerprint density at radius 3 is 1.93 bits per heavy atom. The number of nitrogens with one attached hydrogen (secondary N) is 1. The molecule has 1 N–H and O–H groups in total. The Bertz CT molecular complexity index is 191. The SMILES string of the molecule is ICNCC12CC3CC(CC(C3)C1)C2. The van der Waals surface area contributed by atoms with E-state index < -0.39 is 0 Å². The highest BCUT2D eigenvalue weighted by atomic mass is 127. The molecule has 1 nitrogen and oxygen atoms in total.